The molecule has 2 saturated heterocycles. The Morgan fingerprint density at radius 2 is 1.93 bits per heavy atom. The summed E-state index contributed by atoms with van der Waals surface area (Å²) in [7, 11) is 0. The van der Waals surface area contributed by atoms with Crippen molar-refractivity contribution in [2.45, 2.75) is 31.7 Å². The number of amides is 1. The molecule has 8 heteroatoms. The van der Waals surface area contributed by atoms with Gasteiger partial charge in [-0.3, -0.25) is 9.59 Å². The normalized spacial score (nSPS) is 21.6. The van der Waals surface area contributed by atoms with Gasteiger partial charge in [0.15, 0.2) is 0 Å². The molecule has 2 aromatic rings. The first-order valence-electron chi connectivity index (χ1n) is 9.50. The van der Waals surface area contributed by atoms with E-state index >= 15 is 0 Å². The molecule has 0 aliphatic carbocycles. The molecule has 0 unspecified atom stereocenters. The highest BCUT2D eigenvalue weighted by Gasteiger charge is 2.60. The van der Waals surface area contributed by atoms with E-state index in [1.165, 1.54) is 4.90 Å². The molecular formula is C20H23F2N3O3. The maximum Gasteiger partial charge on any atom is 0.290 e. The lowest BCUT2D eigenvalue weighted by atomic mass is 9.70. The van der Waals surface area contributed by atoms with Crippen molar-refractivity contribution in [1.29, 1.82) is 0 Å². The fourth-order valence-electron chi connectivity index (χ4n) is 4.73. The fourth-order valence-corrected chi connectivity index (χ4v) is 4.73. The van der Waals surface area contributed by atoms with E-state index in [1.54, 1.807) is 0 Å². The molecule has 0 bridgehead atoms. The number of hydrogen-bond acceptors (Lipinski definition) is 3. The van der Waals surface area contributed by atoms with E-state index in [0.29, 0.717) is 31.6 Å². The molecule has 0 atom stereocenters. The van der Waals surface area contributed by atoms with E-state index < -0.39 is 17.9 Å². The second-order valence-corrected chi connectivity index (χ2v) is 7.76. The highest BCUT2D eigenvalue weighted by molar-refractivity contribution is 6.08. The summed E-state index contributed by atoms with van der Waals surface area (Å²) in [5.74, 6) is -3.06. The van der Waals surface area contributed by atoms with Crippen LogP contribution in [0, 0.1) is 5.41 Å². The van der Waals surface area contributed by atoms with Gasteiger partial charge in [0.1, 0.15) is 0 Å². The van der Waals surface area contributed by atoms with E-state index in [4.69, 9.17) is 9.90 Å². The van der Waals surface area contributed by atoms with Gasteiger partial charge in [-0.2, -0.15) is 0 Å². The first kappa shape index (κ1) is 18.9. The van der Waals surface area contributed by atoms with Crippen LogP contribution in [-0.2, 0) is 17.8 Å². The molecule has 150 valence electrons. The number of aryl methyl sites for hydroxylation is 1. The largest absolute Gasteiger partial charge is 0.483 e. The van der Waals surface area contributed by atoms with Gasteiger partial charge in [0.25, 0.3) is 18.3 Å². The molecule has 2 fully saturated rings. The van der Waals surface area contributed by atoms with E-state index in [1.807, 2.05) is 24.3 Å². The number of piperidine rings is 1. The lowest BCUT2D eigenvalue weighted by Gasteiger charge is -2.52. The van der Waals surface area contributed by atoms with Gasteiger partial charge in [-0.25, -0.2) is 8.78 Å². The van der Waals surface area contributed by atoms with Crippen LogP contribution in [0.3, 0.4) is 0 Å². The Bertz CT molecular complexity index is 921. The molecule has 3 aliphatic heterocycles. The fraction of sp³-hybridized carbons (Fsp3) is 0.500. The van der Waals surface area contributed by atoms with Crippen molar-refractivity contribution in [2.24, 2.45) is 5.41 Å². The molecule has 1 aromatic carbocycles. The summed E-state index contributed by atoms with van der Waals surface area (Å²) in [5.41, 5.74) is 1.75. The number of nitrogens with one attached hydrogen (secondary N) is 1. The van der Waals surface area contributed by atoms with Crippen molar-refractivity contribution in [2.75, 3.05) is 26.2 Å². The molecule has 0 radical (unpaired) electrons. The first-order chi connectivity index (χ1) is 13.4. The van der Waals surface area contributed by atoms with Crippen molar-refractivity contribution in [1.82, 2.24) is 14.8 Å². The Kier molecular flexibility index (Phi) is 4.61. The number of alkyl halides is 2. The van der Waals surface area contributed by atoms with Crippen molar-refractivity contribution in [3.8, 4) is 0 Å². The zero-order valence-corrected chi connectivity index (χ0v) is 15.5. The Balaban J connectivity index is 0.000000604. The molecule has 0 saturated carbocycles. The summed E-state index contributed by atoms with van der Waals surface area (Å²) in [4.78, 5) is 22.9. The molecule has 5 rings (SSSR count). The van der Waals surface area contributed by atoms with E-state index in [0.717, 1.165) is 36.0 Å². The van der Waals surface area contributed by atoms with Crippen LogP contribution >= 0.6 is 0 Å². The molecule has 28 heavy (non-hydrogen) atoms. The molecular weight excluding hydrogens is 368 g/mol. The number of carbonyl (C=O) groups excluding carboxylic acids is 1. The van der Waals surface area contributed by atoms with Crippen LogP contribution in [0.1, 0.15) is 28.9 Å². The average molecular weight is 391 g/mol. The summed E-state index contributed by atoms with van der Waals surface area (Å²) in [6.45, 7) is 1.30. The van der Waals surface area contributed by atoms with Crippen LogP contribution in [-0.4, -0.2) is 59.1 Å². The minimum absolute atomic E-state index is 0.228. The SMILES string of the molecule is O=C(c1c2n(c3ccccc13)CCC2)N1CCC2(CNC2)C(F)(F)C1.O=CO. The van der Waals surface area contributed by atoms with Gasteiger partial charge in [-0.15, -0.1) is 0 Å². The maximum absolute atomic E-state index is 14.7. The summed E-state index contributed by atoms with van der Waals surface area (Å²) in [6, 6.07) is 7.83. The quantitative estimate of drug-likeness (QED) is 0.732. The zero-order valence-electron chi connectivity index (χ0n) is 15.5. The number of hydrogen-bond donors (Lipinski definition) is 2. The minimum atomic E-state index is -2.83. The molecule has 1 amide bonds. The third kappa shape index (κ3) is 2.70. The Morgan fingerprint density at radius 3 is 2.57 bits per heavy atom. The number of carboxylic acid groups (broad SMARTS) is 1. The zero-order chi connectivity index (χ0) is 19.9. The smallest absolute Gasteiger partial charge is 0.290 e. The first-order valence-corrected chi connectivity index (χ1v) is 9.50. The molecule has 2 N–H and O–H groups in total. The van der Waals surface area contributed by atoms with E-state index in [-0.39, 0.29) is 12.4 Å². The summed E-state index contributed by atoms with van der Waals surface area (Å²) >= 11 is 0. The van der Waals surface area contributed by atoms with Crippen molar-refractivity contribution in [3.05, 3.63) is 35.5 Å². The van der Waals surface area contributed by atoms with Gasteiger partial charge in [0.05, 0.1) is 17.5 Å². The Hall–Kier alpha value is -2.48. The van der Waals surface area contributed by atoms with E-state index in [2.05, 4.69) is 9.88 Å². The topological polar surface area (TPSA) is 74.6 Å². The second-order valence-electron chi connectivity index (χ2n) is 7.76. The number of aromatic nitrogens is 1. The molecule has 1 aromatic heterocycles. The molecule has 4 heterocycles. The molecule has 1 spiro atoms. The summed E-state index contributed by atoms with van der Waals surface area (Å²) in [6.07, 6.45) is 2.21. The number of carbonyl (C=O) groups is 2. The average Bonchev–Trinajstić information content (AvgIpc) is 3.20. The van der Waals surface area contributed by atoms with Gasteiger partial charge in [0.2, 0.25) is 0 Å². The highest BCUT2D eigenvalue weighted by Crippen LogP contribution is 2.47. The predicted molar refractivity (Wildman–Crippen MR) is 99.7 cm³/mol. The highest BCUT2D eigenvalue weighted by atomic mass is 19.3. The molecule has 3 aliphatic rings. The summed E-state index contributed by atoms with van der Waals surface area (Å²) < 4.78 is 31.6. The standard InChI is InChI=1S/C19H21F2N3O.CH2O2/c20-19(21)12-23(9-7-18(19)10-22-11-18)17(25)16-13-4-1-2-5-14(13)24-8-3-6-15(16)24;2-1-3/h1-2,4-5,22H,3,6-12H2;1H,(H,2,3). The van der Waals surface area contributed by atoms with E-state index in [9.17, 15) is 13.6 Å². The number of benzene rings is 1. The van der Waals surface area contributed by atoms with Crippen LogP contribution in [0.25, 0.3) is 10.9 Å². The van der Waals surface area contributed by atoms with Crippen LogP contribution < -0.4 is 5.32 Å². The van der Waals surface area contributed by atoms with Crippen LogP contribution in [0.5, 0.6) is 0 Å². The van der Waals surface area contributed by atoms with Crippen LogP contribution in [0.4, 0.5) is 8.78 Å². The van der Waals surface area contributed by atoms with Gasteiger partial charge in [-0.1, -0.05) is 18.2 Å². The monoisotopic (exact) mass is 391 g/mol. The molecule has 6 nitrogen and oxygen atoms in total. The number of para-hydroxylation sites is 1. The summed E-state index contributed by atoms with van der Waals surface area (Å²) in [5, 5.41) is 10.8. The van der Waals surface area contributed by atoms with Gasteiger partial charge >= 0.3 is 0 Å². The lowest BCUT2D eigenvalue weighted by molar-refractivity contribution is -0.181. The van der Waals surface area contributed by atoms with Crippen LogP contribution in [0.15, 0.2) is 24.3 Å². The predicted octanol–water partition coefficient (Wildman–Crippen LogP) is 2.36. The number of halogens is 2. The third-order valence-corrected chi connectivity index (χ3v) is 6.33. The van der Waals surface area contributed by atoms with Gasteiger partial charge in [0, 0.05) is 42.8 Å². The van der Waals surface area contributed by atoms with Crippen molar-refractivity contribution < 1.29 is 23.5 Å². The van der Waals surface area contributed by atoms with Crippen molar-refractivity contribution >= 4 is 23.3 Å². The maximum atomic E-state index is 14.7. The number of nitrogens with zero attached hydrogens (tertiary/aromatic N) is 2. The Morgan fingerprint density at radius 1 is 1.21 bits per heavy atom. The Labute approximate surface area is 161 Å². The third-order valence-electron chi connectivity index (χ3n) is 6.33. The number of rotatable bonds is 1. The van der Waals surface area contributed by atoms with Crippen molar-refractivity contribution in [3.63, 3.8) is 0 Å². The second kappa shape index (κ2) is 6.84. The lowest BCUT2D eigenvalue weighted by Crippen LogP contribution is -2.69. The number of likely N-dealkylation sites (tertiary alicyclic amines) is 1. The number of fused-ring (bicyclic) bond motifs is 3. The van der Waals surface area contributed by atoms with Gasteiger partial charge in [-0.05, 0) is 25.3 Å². The minimum Gasteiger partial charge on any atom is -0.483 e. The van der Waals surface area contributed by atoms with Crippen LogP contribution in [0.2, 0.25) is 0 Å². The van der Waals surface area contributed by atoms with Gasteiger partial charge < -0.3 is 19.9 Å².